The number of pyridine rings is 1. The van der Waals surface area contributed by atoms with Gasteiger partial charge in [-0.15, -0.1) is 6.58 Å². The molecule has 2 aliphatic rings. The van der Waals surface area contributed by atoms with Crippen LogP contribution in [0.4, 0.5) is 4.79 Å². The summed E-state index contributed by atoms with van der Waals surface area (Å²) in [7, 11) is 3.91. The summed E-state index contributed by atoms with van der Waals surface area (Å²) < 4.78 is 10.8. The van der Waals surface area contributed by atoms with Crippen LogP contribution in [0.1, 0.15) is 18.4 Å². The highest BCUT2D eigenvalue weighted by molar-refractivity contribution is 5.83. The van der Waals surface area contributed by atoms with Crippen molar-refractivity contribution in [3.63, 3.8) is 0 Å². The van der Waals surface area contributed by atoms with Crippen molar-refractivity contribution < 1.29 is 14.3 Å². The van der Waals surface area contributed by atoms with Crippen molar-refractivity contribution in [2.45, 2.75) is 25.3 Å². The number of amides is 2. The van der Waals surface area contributed by atoms with Crippen LogP contribution in [0.15, 0.2) is 43.1 Å². The van der Waals surface area contributed by atoms with Gasteiger partial charge in [-0.25, -0.2) is 4.79 Å². The molecule has 4 rings (SSSR count). The first-order chi connectivity index (χ1) is 16.1. The van der Waals surface area contributed by atoms with Crippen molar-refractivity contribution in [3.05, 3.63) is 48.7 Å². The average Bonchev–Trinajstić information content (AvgIpc) is 2.86. The topological polar surface area (TPSA) is 66.9 Å². The van der Waals surface area contributed by atoms with Crippen LogP contribution >= 0.6 is 0 Å². The summed E-state index contributed by atoms with van der Waals surface area (Å²) in [4.78, 5) is 21.4. The molecule has 7 nitrogen and oxygen atoms in total. The number of nitrogens with one attached hydrogen (secondary N) is 1. The fourth-order valence-corrected chi connectivity index (χ4v) is 5.09. The van der Waals surface area contributed by atoms with Gasteiger partial charge in [-0.3, -0.25) is 4.98 Å². The summed E-state index contributed by atoms with van der Waals surface area (Å²) in [6, 6.07) is 8.64. The first-order valence-electron chi connectivity index (χ1n) is 11.9. The lowest BCUT2D eigenvalue weighted by atomic mass is 9.79. The van der Waals surface area contributed by atoms with E-state index in [9.17, 15) is 4.79 Å². The minimum Gasteiger partial charge on any atom is -0.497 e. The lowest BCUT2D eigenvalue weighted by Crippen LogP contribution is -2.48. The van der Waals surface area contributed by atoms with E-state index in [2.05, 4.69) is 41.0 Å². The zero-order valence-corrected chi connectivity index (χ0v) is 19.8. The number of urea groups is 1. The molecule has 2 fully saturated rings. The summed E-state index contributed by atoms with van der Waals surface area (Å²) in [6.45, 7) is 8.32. The Labute approximate surface area is 196 Å². The number of carbonyl (C=O) groups is 1. The summed E-state index contributed by atoms with van der Waals surface area (Å²) in [5, 5.41) is 4.30. The van der Waals surface area contributed by atoms with Gasteiger partial charge in [0.15, 0.2) is 0 Å². The summed E-state index contributed by atoms with van der Waals surface area (Å²) >= 11 is 0. The van der Waals surface area contributed by atoms with E-state index in [1.807, 2.05) is 29.3 Å². The average molecular weight is 453 g/mol. The number of morpholine rings is 1. The molecule has 0 spiro atoms. The Morgan fingerprint density at radius 2 is 2.15 bits per heavy atom. The van der Waals surface area contributed by atoms with Crippen molar-refractivity contribution in [2.24, 2.45) is 11.8 Å². The van der Waals surface area contributed by atoms with Crippen LogP contribution in [0.5, 0.6) is 5.75 Å². The Hall–Kier alpha value is -2.64. The molecule has 0 aliphatic carbocycles. The molecule has 0 radical (unpaired) electrons. The van der Waals surface area contributed by atoms with Crippen molar-refractivity contribution in [1.29, 1.82) is 0 Å². The Morgan fingerprint density at radius 1 is 1.33 bits per heavy atom. The lowest BCUT2D eigenvalue weighted by Gasteiger charge is -2.40. The second-order valence-electron chi connectivity index (χ2n) is 9.16. The Kier molecular flexibility index (Phi) is 7.83. The van der Waals surface area contributed by atoms with Crippen molar-refractivity contribution in [3.8, 4) is 5.75 Å². The van der Waals surface area contributed by atoms with Gasteiger partial charge in [0, 0.05) is 37.3 Å². The molecule has 3 unspecified atom stereocenters. The Bertz CT molecular complexity index is 960. The maximum atomic E-state index is 12.5. The smallest absolute Gasteiger partial charge is 0.317 e. The third-order valence-corrected chi connectivity index (χ3v) is 7.24. The number of piperidine rings is 1. The van der Waals surface area contributed by atoms with E-state index < -0.39 is 0 Å². The standard InChI is InChI=1S/C26H36N4O3/c1-4-19(18-28-26(31)30-11-13-33-14-12-30)20-8-10-29(2)22(15-20)16-21-7-9-27-25-6-5-23(32-3)17-24(21)25/h4-7,9,17,19-20,22H,1,8,10-16,18H2,2-3H3,(H,28,31). The Morgan fingerprint density at radius 3 is 2.91 bits per heavy atom. The normalized spacial score (nSPS) is 22.7. The summed E-state index contributed by atoms with van der Waals surface area (Å²) in [5.41, 5.74) is 2.30. The van der Waals surface area contributed by atoms with E-state index >= 15 is 0 Å². The number of rotatable bonds is 7. The van der Waals surface area contributed by atoms with Crippen LogP contribution in [0.3, 0.4) is 0 Å². The van der Waals surface area contributed by atoms with E-state index in [-0.39, 0.29) is 11.9 Å². The fraction of sp³-hybridized carbons (Fsp3) is 0.538. The van der Waals surface area contributed by atoms with Gasteiger partial charge in [0.05, 0.1) is 25.8 Å². The number of fused-ring (bicyclic) bond motifs is 1. The number of benzene rings is 1. The van der Waals surface area contributed by atoms with Gasteiger partial charge >= 0.3 is 6.03 Å². The molecular weight excluding hydrogens is 416 g/mol. The first kappa shape index (κ1) is 23.5. The number of nitrogens with zero attached hydrogens (tertiary/aromatic N) is 3. The van der Waals surface area contributed by atoms with E-state index in [1.54, 1.807) is 7.11 Å². The number of hydrogen-bond donors (Lipinski definition) is 1. The van der Waals surface area contributed by atoms with Gasteiger partial charge in [-0.1, -0.05) is 6.08 Å². The number of likely N-dealkylation sites (N-methyl/N-ethyl adjacent to an activating group) is 1. The maximum Gasteiger partial charge on any atom is 0.317 e. The second kappa shape index (κ2) is 11.0. The SMILES string of the molecule is C=CC(CNC(=O)N1CCOCC1)C1CCN(C)C(Cc2ccnc3ccc(OC)cc23)C1. The van der Waals surface area contributed by atoms with Gasteiger partial charge in [0.2, 0.25) is 0 Å². The highest BCUT2D eigenvalue weighted by Crippen LogP contribution is 2.32. The quantitative estimate of drug-likeness (QED) is 0.653. The monoisotopic (exact) mass is 452 g/mol. The molecule has 0 bridgehead atoms. The molecule has 0 saturated carbocycles. The largest absolute Gasteiger partial charge is 0.497 e. The van der Waals surface area contributed by atoms with Crippen LogP contribution in [0.2, 0.25) is 0 Å². The molecule has 3 heterocycles. The number of carbonyl (C=O) groups excluding carboxylic acids is 1. The third-order valence-electron chi connectivity index (χ3n) is 7.24. The van der Waals surface area contributed by atoms with E-state index in [4.69, 9.17) is 9.47 Å². The number of methoxy groups -OCH3 is 1. The molecule has 2 aromatic rings. The number of ether oxygens (including phenoxy) is 2. The molecule has 178 valence electrons. The predicted octanol–water partition coefficient (Wildman–Crippen LogP) is 3.34. The number of hydrogen-bond acceptors (Lipinski definition) is 5. The van der Waals surface area contributed by atoms with Gasteiger partial charge in [-0.05, 0) is 74.5 Å². The lowest BCUT2D eigenvalue weighted by molar-refractivity contribution is 0.0526. The van der Waals surface area contributed by atoms with Crippen LogP contribution < -0.4 is 10.1 Å². The number of aromatic nitrogens is 1. The molecule has 1 aromatic heterocycles. The Balaban J connectivity index is 1.41. The molecule has 1 aromatic carbocycles. The predicted molar refractivity (Wildman–Crippen MR) is 131 cm³/mol. The molecule has 2 amide bonds. The van der Waals surface area contributed by atoms with Gasteiger partial charge in [0.1, 0.15) is 5.75 Å². The zero-order valence-electron chi connectivity index (χ0n) is 19.8. The van der Waals surface area contributed by atoms with Crippen LogP contribution in [0.25, 0.3) is 10.9 Å². The minimum absolute atomic E-state index is 0.00632. The molecule has 2 aliphatic heterocycles. The van der Waals surface area contributed by atoms with Gasteiger partial charge in [-0.2, -0.15) is 0 Å². The molecular formula is C26H36N4O3. The van der Waals surface area contributed by atoms with E-state index in [1.165, 1.54) is 5.56 Å². The summed E-state index contributed by atoms with van der Waals surface area (Å²) in [6.07, 6.45) is 7.08. The second-order valence-corrected chi connectivity index (χ2v) is 9.16. The van der Waals surface area contributed by atoms with Crippen LogP contribution in [-0.2, 0) is 11.2 Å². The van der Waals surface area contributed by atoms with E-state index in [0.29, 0.717) is 44.8 Å². The fourth-order valence-electron chi connectivity index (χ4n) is 5.09. The van der Waals surface area contributed by atoms with Gasteiger partial charge in [0.25, 0.3) is 0 Å². The maximum absolute atomic E-state index is 12.5. The molecule has 1 N–H and O–H groups in total. The minimum atomic E-state index is 0.00632. The van der Waals surface area contributed by atoms with E-state index in [0.717, 1.165) is 42.5 Å². The van der Waals surface area contributed by atoms with Crippen molar-refractivity contribution in [2.75, 3.05) is 53.6 Å². The van der Waals surface area contributed by atoms with Crippen molar-refractivity contribution in [1.82, 2.24) is 20.1 Å². The highest BCUT2D eigenvalue weighted by atomic mass is 16.5. The molecule has 7 heteroatoms. The number of likely N-dealkylation sites (tertiary alicyclic amines) is 1. The molecule has 2 saturated heterocycles. The van der Waals surface area contributed by atoms with Crippen molar-refractivity contribution >= 4 is 16.9 Å². The van der Waals surface area contributed by atoms with Gasteiger partial charge < -0.3 is 24.6 Å². The molecule has 3 atom stereocenters. The third kappa shape index (κ3) is 5.65. The summed E-state index contributed by atoms with van der Waals surface area (Å²) in [5.74, 6) is 1.62. The molecule has 33 heavy (non-hydrogen) atoms. The highest BCUT2D eigenvalue weighted by Gasteiger charge is 2.31. The first-order valence-corrected chi connectivity index (χ1v) is 11.9. The zero-order chi connectivity index (χ0) is 23.2. The van der Waals surface area contributed by atoms with Crippen LogP contribution in [-0.4, -0.2) is 80.4 Å². The van der Waals surface area contributed by atoms with Crippen LogP contribution in [0, 0.1) is 11.8 Å².